The van der Waals surface area contributed by atoms with Crippen molar-refractivity contribution in [2.24, 2.45) is 0 Å². The molecule has 0 bridgehead atoms. The van der Waals surface area contributed by atoms with Gasteiger partial charge >= 0.3 is 0 Å². The van der Waals surface area contributed by atoms with E-state index < -0.39 is 10.0 Å². The molecule has 0 aromatic heterocycles. The van der Waals surface area contributed by atoms with E-state index in [1.165, 1.54) is 15.4 Å². The zero-order valence-corrected chi connectivity index (χ0v) is 18.3. The number of carbonyl (C=O) groups excluding carboxylic acids is 1. The third kappa shape index (κ3) is 4.81. The minimum atomic E-state index is -3.31. The molecule has 0 unspecified atom stereocenters. The quantitative estimate of drug-likeness (QED) is 0.777. The molecule has 29 heavy (non-hydrogen) atoms. The Kier molecular flexibility index (Phi) is 6.63. The predicted octanol–water partition coefficient (Wildman–Crippen LogP) is 3.98. The van der Waals surface area contributed by atoms with Gasteiger partial charge in [0.15, 0.2) is 0 Å². The maximum atomic E-state index is 12.8. The summed E-state index contributed by atoms with van der Waals surface area (Å²) in [7, 11) is -3.31. The van der Waals surface area contributed by atoms with E-state index in [0.717, 1.165) is 30.4 Å². The summed E-state index contributed by atoms with van der Waals surface area (Å²) in [6, 6.07) is 11.7. The highest BCUT2D eigenvalue weighted by molar-refractivity contribution is 7.92. The number of nitrogens with zero attached hydrogens (tertiary/aromatic N) is 1. The number of hydrogen-bond acceptors (Lipinski definition) is 3. The molecular formula is C23H30N2O3S. The van der Waals surface area contributed by atoms with Crippen molar-refractivity contribution in [1.29, 1.82) is 0 Å². The third-order valence-electron chi connectivity index (χ3n) is 5.59. The van der Waals surface area contributed by atoms with Crippen LogP contribution in [0.5, 0.6) is 0 Å². The average molecular weight is 415 g/mol. The molecule has 0 saturated carbocycles. The number of benzene rings is 2. The monoisotopic (exact) mass is 414 g/mol. The molecule has 156 valence electrons. The van der Waals surface area contributed by atoms with Gasteiger partial charge in [0, 0.05) is 18.7 Å². The molecule has 1 aliphatic heterocycles. The average Bonchev–Trinajstić information content (AvgIpc) is 2.72. The first kappa shape index (κ1) is 21.4. The van der Waals surface area contributed by atoms with Crippen LogP contribution in [0.3, 0.4) is 0 Å². The first-order valence-corrected chi connectivity index (χ1v) is 12.0. The molecule has 1 heterocycles. The number of rotatable bonds is 6. The van der Waals surface area contributed by atoms with Crippen LogP contribution in [0.4, 0.5) is 5.69 Å². The summed E-state index contributed by atoms with van der Waals surface area (Å²) < 4.78 is 26.4. The zero-order chi connectivity index (χ0) is 21.0. The van der Waals surface area contributed by atoms with Crippen molar-refractivity contribution in [2.75, 3.05) is 16.6 Å². The Labute approximate surface area is 174 Å². The number of sulfonamides is 1. The molecule has 2 aromatic rings. The number of nitrogens with one attached hydrogen (secondary N) is 1. The number of amides is 1. The second kappa shape index (κ2) is 8.99. The SMILES string of the molecule is CCc1ccc(CC)c(CNC(=O)c2ccc(C)c(N3CCCCS3(=O)=O)c2)c1. The molecule has 5 nitrogen and oxygen atoms in total. The summed E-state index contributed by atoms with van der Waals surface area (Å²) in [6.45, 7) is 7.03. The molecule has 0 spiro atoms. The smallest absolute Gasteiger partial charge is 0.251 e. The van der Waals surface area contributed by atoms with Crippen LogP contribution < -0.4 is 9.62 Å². The van der Waals surface area contributed by atoms with Crippen LogP contribution in [0.2, 0.25) is 0 Å². The third-order valence-corrected chi connectivity index (χ3v) is 7.44. The highest BCUT2D eigenvalue weighted by Gasteiger charge is 2.27. The van der Waals surface area contributed by atoms with Gasteiger partial charge in [-0.1, -0.05) is 38.1 Å². The lowest BCUT2D eigenvalue weighted by molar-refractivity contribution is 0.0951. The first-order valence-electron chi connectivity index (χ1n) is 10.4. The summed E-state index contributed by atoms with van der Waals surface area (Å²) in [4.78, 5) is 12.8. The minimum Gasteiger partial charge on any atom is -0.348 e. The van der Waals surface area contributed by atoms with Crippen LogP contribution in [-0.2, 0) is 29.4 Å². The van der Waals surface area contributed by atoms with Gasteiger partial charge in [-0.05, 0) is 67.0 Å². The molecule has 0 aliphatic carbocycles. The molecule has 3 rings (SSSR count). The standard InChI is InChI=1S/C23H30N2O3S/c1-4-18-9-11-19(5-2)21(14-18)16-24-23(26)20-10-8-17(3)22(15-20)25-12-6-7-13-29(25,27)28/h8-11,14-15H,4-7,12-13,16H2,1-3H3,(H,24,26). The number of anilines is 1. The first-order chi connectivity index (χ1) is 13.9. The van der Waals surface area contributed by atoms with Crippen molar-refractivity contribution >= 4 is 21.6 Å². The topological polar surface area (TPSA) is 66.5 Å². The van der Waals surface area contributed by atoms with Gasteiger partial charge in [-0.3, -0.25) is 9.10 Å². The van der Waals surface area contributed by atoms with Gasteiger partial charge in [0.25, 0.3) is 5.91 Å². The van der Waals surface area contributed by atoms with Gasteiger partial charge in [-0.2, -0.15) is 0 Å². The Morgan fingerprint density at radius 1 is 1.03 bits per heavy atom. The van der Waals surface area contributed by atoms with E-state index in [9.17, 15) is 13.2 Å². The van der Waals surface area contributed by atoms with E-state index in [1.807, 2.05) is 13.0 Å². The van der Waals surface area contributed by atoms with E-state index in [-0.39, 0.29) is 11.7 Å². The normalized spacial score (nSPS) is 15.9. The fourth-order valence-corrected chi connectivity index (χ4v) is 5.46. The molecular weight excluding hydrogens is 384 g/mol. The Morgan fingerprint density at radius 3 is 2.52 bits per heavy atom. The van der Waals surface area contributed by atoms with E-state index in [2.05, 4.69) is 37.4 Å². The maximum Gasteiger partial charge on any atom is 0.251 e. The van der Waals surface area contributed by atoms with Gasteiger partial charge in [0.1, 0.15) is 0 Å². The van der Waals surface area contributed by atoms with Crippen LogP contribution in [0.25, 0.3) is 0 Å². The van der Waals surface area contributed by atoms with E-state index in [0.29, 0.717) is 30.8 Å². The summed E-state index contributed by atoms with van der Waals surface area (Å²) in [6.07, 6.45) is 3.39. The van der Waals surface area contributed by atoms with E-state index >= 15 is 0 Å². The number of hydrogen-bond donors (Lipinski definition) is 1. The Bertz CT molecular complexity index is 999. The second-order valence-electron chi connectivity index (χ2n) is 7.59. The lowest BCUT2D eigenvalue weighted by atomic mass is 10.0. The highest BCUT2D eigenvalue weighted by Crippen LogP contribution is 2.28. The number of carbonyl (C=O) groups is 1. The largest absolute Gasteiger partial charge is 0.348 e. The van der Waals surface area contributed by atoms with Crippen molar-refractivity contribution in [3.63, 3.8) is 0 Å². The minimum absolute atomic E-state index is 0.163. The van der Waals surface area contributed by atoms with Crippen molar-refractivity contribution in [1.82, 2.24) is 5.32 Å². The van der Waals surface area contributed by atoms with Crippen LogP contribution in [0, 0.1) is 6.92 Å². The Balaban J connectivity index is 1.80. The summed E-state index contributed by atoms with van der Waals surface area (Å²) >= 11 is 0. The highest BCUT2D eigenvalue weighted by atomic mass is 32.2. The van der Waals surface area contributed by atoms with Crippen LogP contribution >= 0.6 is 0 Å². The molecule has 1 aliphatic rings. The summed E-state index contributed by atoms with van der Waals surface area (Å²) in [5, 5.41) is 3.00. The van der Waals surface area contributed by atoms with Gasteiger partial charge in [0.05, 0.1) is 11.4 Å². The van der Waals surface area contributed by atoms with Gasteiger partial charge < -0.3 is 5.32 Å². The van der Waals surface area contributed by atoms with Crippen molar-refractivity contribution in [3.8, 4) is 0 Å². The molecule has 2 aromatic carbocycles. The van der Waals surface area contributed by atoms with Gasteiger partial charge in [-0.15, -0.1) is 0 Å². The Hall–Kier alpha value is -2.34. The lowest BCUT2D eigenvalue weighted by Gasteiger charge is -2.29. The zero-order valence-electron chi connectivity index (χ0n) is 17.5. The molecule has 6 heteroatoms. The molecule has 0 atom stereocenters. The van der Waals surface area contributed by atoms with E-state index in [4.69, 9.17) is 0 Å². The number of aryl methyl sites for hydroxylation is 3. The molecule has 1 amide bonds. The Morgan fingerprint density at radius 2 is 1.83 bits per heavy atom. The van der Waals surface area contributed by atoms with Crippen molar-refractivity contribution in [3.05, 3.63) is 64.2 Å². The summed E-state index contributed by atoms with van der Waals surface area (Å²) in [5.74, 6) is -0.0271. The van der Waals surface area contributed by atoms with Crippen LogP contribution in [0.15, 0.2) is 36.4 Å². The lowest BCUT2D eigenvalue weighted by Crippen LogP contribution is -2.38. The molecule has 1 N–H and O–H groups in total. The molecule has 1 saturated heterocycles. The maximum absolute atomic E-state index is 12.8. The van der Waals surface area contributed by atoms with Gasteiger partial charge in [0.2, 0.25) is 10.0 Å². The van der Waals surface area contributed by atoms with Crippen LogP contribution in [0.1, 0.15) is 59.3 Å². The van der Waals surface area contributed by atoms with Crippen molar-refractivity contribution in [2.45, 2.75) is 53.0 Å². The molecule has 1 fully saturated rings. The second-order valence-corrected chi connectivity index (χ2v) is 9.60. The molecule has 0 radical (unpaired) electrons. The predicted molar refractivity (Wildman–Crippen MR) is 118 cm³/mol. The fraction of sp³-hybridized carbons (Fsp3) is 0.435. The fourth-order valence-electron chi connectivity index (χ4n) is 3.76. The van der Waals surface area contributed by atoms with Crippen molar-refractivity contribution < 1.29 is 13.2 Å². The summed E-state index contributed by atoms with van der Waals surface area (Å²) in [5.41, 5.74) is 5.56. The van der Waals surface area contributed by atoms with E-state index in [1.54, 1.807) is 12.1 Å². The van der Waals surface area contributed by atoms with Gasteiger partial charge in [-0.25, -0.2) is 8.42 Å². The van der Waals surface area contributed by atoms with Crippen LogP contribution in [-0.4, -0.2) is 26.6 Å².